The molecular weight excluding hydrogens is 271 g/mol. The summed E-state index contributed by atoms with van der Waals surface area (Å²) in [7, 11) is 0. The number of benzene rings is 2. The number of nitrogens with zero attached hydrogens (tertiary/aromatic N) is 2. The van der Waals surface area contributed by atoms with Crippen molar-refractivity contribution < 1.29 is 13.7 Å². The van der Waals surface area contributed by atoms with E-state index in [2.05, 4.69) is 10.1 Å². The smallest absolute Gasteiger partial charge is 0.258 e. The summed E-state index contributed by atoms with van der Waals surface area (Å²) in [4.78, 5) is 4.28. The van der Waals surface area contributed by atoms with E-state index in [-0.39, 0.29) is 12.4 Å². The van der Waals surface area contributed by atoms with Crippen LogP contribution in [-0.4, -0.2) is 10.1 Å². The summed E-state index contributed by atoms with van der Waals surface area (Å²) >= 11 is 0. The standard InChI is InChI=1S/C16H13FN2O2/c1-11-3-2-4-12(9-11)16-18-15(19-21-16)10-20-14-7-5-13(17)6-8-14/h2-9H,10H2,1H3. The lowest BCUT2D eigenvalue weighted by Crippen LogP contribution is -1.97. The van der Waals surface area contributed by atoms with E-state index in [0.717, 1.165) is 11.1 Å². The molecule has 1 heterocycles. The average molecular weight is 284 g/mol. The second-order valence-electron chi connectivity index (χ2n) is 4.63. The largest absolute Gasteiger partial charge is 0.485 e. The number of hydrogen-bond acceptors (Lipinski definition) is 4. The molecule has 1 aromatic heterocycles. The molecule has 0 saturated carbocycles. The highest BCUT2D eigenvalue weighted by molar-refractivity contribution is 5.53. The Hall–Kier alpha value is -2.69. The molecule has 0 saturated heterocycles. The van der Waals surface area contributed by atoms with Crippen LogP contribution in [0.3, 0.4) is 0 Å². The van der Waals surface area contributed by atoms with Gasteiger partial charge in [0.1, 0.15) is 11.6 Å². The topological polar surface area (TPSA) is 48.2 Å². The zero-order valence-electron chi connectivity index (χ0n) is 11.4. The van der Waals surface area contributed by atoms with Crippen molar-refractivity contribution in [3.63, 3.8) is 0 Å². The second kappa shape index (κ2) is 5.75. The van der Waals surface area contributed by atoms with Crippen LogP contribution in [0.25, 0.3) is 11.5 Å². The van der Waals surface area contributed by atoms with Crippen molar-refractivity contribution in [2.45, 2.75) is 13.5 Å². The molecule has 0 unspecified atom stereocenters. The maximum Gasteiger partial charge on any atom is 0.258 e. The Balaban J connectivity index is 1.69. The Bertz CT molecular complexity index is 738. The predicted octanol–water partition coefficient (Wildman–Crippen LogP) is 3.76. The summed E-state index contributed by atoms with van der Waals surface area (Å²) in [5.74, 6) is 1.15. The van der Waals surface area contributed by atoms with Gasteiger partial charge in [0.25, 0.3) is 5.89 Å². The van der Waals surface area contributed by atoms with Gasteiger partial charge in [0.15, 0.2) is 6.61 Å². The highest BCUT2D eigenvalue weighted by Crippen LogP contribution is 2.19. The third-order valence-corrected chi connectivity index (χ3v) is 2.91. The Morgan fingerprint density at radius 3 is 2.71 bits per heavy atom. The molecule has 3 aromatic rings. The first-order valence-corrected chi connectivity index (χ1v) is 6.49. The SMILES string of the molecule is Cc1cccc(-c2nc(COc3ccc(F)cc3)no2)c1. The Labute approximate surface area is 121 Å². The fourth-order valence-corrected chi connectivity index (χ4v) is 1.89. The van der Waals surface area contributed by atoms with Crippen LogP contribution in [-0.2, 0) is 6.61 Å². The molecular formula is C16H13FN2O2. The van der Waals surface area contributed by atoms with Gasteiger partial charge in [-0.25, -0.2) is 4.39 Å². The first-order valence-electron chi connectivity index (χ1n) is 6.49. The molecule has 0 bridgehead atoms. The maximum atomic E-state index is 12.8. The van der Waals surface area contributed by atoms with Gasteiger partial charge in [0.05, 0.1) is 0 Å². The van der Waals surface area contributed by atoms with Crippen molar-refractivity contribution in [2.24, 2.45) is 0 Å². The van der Waals surface area contributed by atoms with Crippen molar-refractivity contribution >= 4 is 0 Å². The van der Waals surface area contributed by atoms with Crippen LogP contribution in [0.15, 0.2) is 53.1 Å². The minimum absolute atomic E-state index is 0.168. The lowest BCUT2D eigenvalue weighted by atomic mass is 10.1. The van der Waals surface area contributed by atoms with Gasteiger partial charge in [-0.3, -0.25) is 0 Å². The van der Waals surface area contributed by atoms with Crippen molar-refractivity contribution in [1.29, 1.82) is 0 Å². The molecule has 0 amide bonds. The zero-order valence-corrected chi connectivity index (χ0v) is 11.4. The molecule has 21 heavy (non-hydrogen) atoms. The first-order chi connectivity index (χ1) is 10.2. The van der Waals surface area contributed by atoms with Crippen molar-refractivity contribution in [2.75, 3.05) is 0 Å². The zero-order chi connectivity index (χ0) is 14.7. The summed E-state index contributed by atoms with van der Waals surface area (Å²) < 4.78 is 23.5. The summed E-state index contributed by atoms with van der Waals surface area (Å²) in [6.45, 7) is 2.17. The molecule has 0 radical (unpaired) electrons. The molecule has 0 N–H and O–H groups in total. The summed E-state index contributed by atoms with van der Waals surface area (Å²) in [6, 6.07) is 13.6. The van der Waals surface area contributed by atoms with Gasteiger partial charge in [-0.1, -0.05) is 22.9 Å². The van der Waals surface area contributed by atoms with Crippen LogP contribution in [0.1, 0.15) is 11.4 Å². The lowest BCUT2D eigenvalue weighted by Gasteiger charge is -2.01. The number of hydrogen-bond donors (Lipinski definition) is 0. The van der Waals surface area contributed by atoms with E-state index in [0.29, 0.717) is 17.5 Å². The van der Waals surface area contributed by atoms with E-state index < -0.39 is 0 Å². The van der Waals surface area contributed by atoms with Gasteiger partial charge in [-0.2, -0.15) is 4.98 Å². The molecule has 0 aliphatic carbocycles. The quantitative estimate of drug-likeness (QED) is 0.732. The third kappa shape index (κ3) is 3.25. The minimum Gasteiger partial charge on any atom is -0.485 e. The third-order valence-electron chi connectivity index (χ3n) is 2.91. The van der Waals surface area contributed by atoms with E-state index in [9.17, 15) is 4.39 Å². The Kier molecular flexibility index (Phi) is 3.64. The van der Waals surface area contributed by atoms with E-state index in [1.54, 1.807) is 12.1 Å². The lowest BCUT2D eigenvalue weighted by molar-refractivity contribution is 0.286. The molecule has 0 aliphatic heterocycles. The normalized spacial score (nSPS) is 10.6. The van der Waals surface area contributed by atoms with Crippen LogP contribution in [0.4, 0.5) is 4.39 Å². The van der Waals surface area contributed by atoms with Crippen molar-refractivity contribution in [1.82, 2.24) is 10.1 Å². The molecule has 4 nitrogen and oxygen atoms in total. The Morgan fingerprint density at radius 2 is 1.95 bits per heavy atom. The van der Waals surface area contributed by atoms with Gasteiger partial charge in [-0.15, -0.1) is 0 Å². The molecule has 106 valence electrons. The monoisotopic (exact) mass is 284 g/mol. The summed E-state index contributed by atoms with van der Waals surface area (Å²) in [5, 5.41) is 3.87. The number of aromatic nitrogens is 2. The van der Waals surface area contributed by atoms with Crippen LogP contribution in [0, 0.1) is 12.7 Å². The van der Waals surface area contributed by atoms with Gasteiger partial charge in [0, 0.05) is 5.56 Å². The summed E-state index contributed by atoms with van der Waals surface area (Å²) in [6.07, 6.45) is 0. The molecule has 3 rings (SSSR count). The molecule has 0 atom stereocenters. The highest BCUT2D eigenvalue weighted by atomic mass is 19.1. The minimum atomic E-state index is -0.302. The van der Waals surface area contributed by atoms with Crippen LogP contribution < -0.4 is 4.74 Å². The van der Waals surface area contributed by atoms with Crippen molar-refractivity contribution in [3.05, 3.63) is 65.7 Å². The predicted molar refractivity (Wildman–Crippen MR) is 75.2 cm³/mol. The van der Waals surface area contributed by atoms with Gasteiger partial charge in [-0.05, 0) is 43.3 Å². The first kappa shape index (κ1) is 13.3. The number of halogens is 1. The van der Waals surface area contributed by atoms with Crippen molar-refractivity contribution in [3.8, 4) is 17.2 Å². The molecule has 0 spiro atoms. The maximum absolute atomic E-state index is 12.8. The molecule has 0 aliphatic rings. The van der Waals surface area contributed by atoms with Crippen LogP contribution in [0.5, 0.6) is 5.75 Å². The average Bonchev–Trinajstić information content (AvgIpc) is 2.96. The highest BCUT2D eigenvalue weighted by Gasteiger charge is 2.09. The van der Waals surface area contributed by atoms with Crippen LogP contribution in [0.2, 0.25) is 0 Å². The summed E-state index contributed by atoms with van der Waals surface area (Å²) in [5.41, 5.74) is 1.99. The Morgan fingerprint density at radius 1 is 1.14 bits per heavy atom. The van der Waals surface area contributed by atoms with Crippen LogP contribution >= 0.6 is 0 Å². The fraction of sp³-hybridized carbons (Fsp3) is 0.125. The van der Waals surface area contributed by atoms with Gasteiger partial charge < -0.3 is 9.26 Å². The van der Waals surface area contributed by atoms with Gasteiger partial charge >= 0.3 is 0 Å². The number of aryl methyl sites for hydroxylation is 1. The number of ether oxygens (including phenoxy) is 1. The molecule has 2 aromatic carbocycles. The van der Waals surface area contributed by atoms with Gasteiger partial charge in [0.2, 0.25) is 5.82 Å². The molecule has 0 fully saturated rings. The second-order valence-corrected chi connectivity index (χ2v) is 4.63. The van der Waals surface area contributed by atoms with E-state index in [4.69, 9.17) is 9.26 Å². The van der Waals surface area contributed by atoms with E-state index in [1.807, 2.05) is 31.2 Å². The fourth-order valence-electron chi connectivity index (χ4n) is 1.89. The number of rotatable bonds is 4. The van der Waals surface area contributed by atoms with E-state index in [1.165, 1.54) is 12.1 Å². The molecule has 5 heteroatoms. The van der Waals surface area contributed by atoms with E-state index >= 15 is 0 Å².